The predicted molar refractivity (Wildman–Crippen MR) is 83.4 cm³/mol. The van der Waals surface area contributed by atoms with Gasteiger partial charge in [0, 0.05) is 6.54 Å². The average molecular weight is 307 g/mol. The van der Waals surface area contributed by atoms with Crippen LogP contribution in [0, 0.1) is 0 Å². The predicted octanol–water partition coefficient (Wildman–Crippen LogP) is 2.57. The number of β-amino-alcohol motifs (C(OH)–C–C–N with tert-alkyl or cyclic N) is 1. The minimum atomic E-state index is -0.690. The number of amides is 1. The van der Waals surface area contributed by atoms with E-state index in [0.717, 1.165) is 5.56 Å². The zero-order chi connectivity index (χ0) is 16.2. The molecule has 0 aromatic heterocycles. The van der Waals surface area contributed by atoms with E-state index < -0.39 is 11.7 Å². The standard InChI is InChI=1S/C17H25NO4/c1-17(2,3)22-16(20)18-10-9-15(14(19)11-18)21-12-13-7-5-4-6-8-13/h4-8,14-15,19H,9-12H2,1-3H3. The fourth-order valence-electron chi connectivity index (χ4n) is 2.37. The molecule has 5 nitrogen and oxygen atoms in total. The molecular formula is C17H25NO4. The second-order valence-electron chi connectivity index (χ2n) is 6.62. The summed E-state index contributed by atoms with van der Waals surface area (Å²) in [7, 11) is 0. The lowest BCUT2D eigenvalue weighted by Gasteiger charge is -2.36. The molecule has 1 aliphatic heterocycles. The second kappa shape index (κ2) is 7.11. The molecule has 1 heterocycles. The first kappa shape index (κ1) is 16.8. The van der Waals surface area contributed by atoms with Crippen LogP contribution >= 0.6 is 0 Å². The lowest BCUT2D eigenvalue weighted by atomic mass is 10.1. The lowest BCUT2D eigenvalue weighted by Crippen LogP contribution is -2.51. The van der Waals surface area contributed by atoms with Crippen LogP contribution in [0.3, 0.4) is 0 Å². The van der Waals surface area contributed by atoms with Crippen LogP contribution in [0.5, 0.6) is 0 Å². The maximum atomic E-state index is 12.0. The Morgan fingerprint density at radius 2 is 2.00 bits per heavy atom. The first-order valence-electron chi connectivity index (χ1n) is 7.67. The summed E-state index contributed by atoms with van der Waals surface area (Å²) in [5, 5.41) is 10.2. The highest BCUT2D eigenvalue weighted by Crippen LogP contribution is 2.19. The Bertz CT molecular complexity index is 483. The molecule has 2 rings (SSSR count). The van der Waals surface area contributed by atoms with E-state index >= 15 is 0 Å². The van der Waals surface area contributed by atoms with Crippen molar-refractivity contribution in [1.82, 2.24) is 4.90 Å². The summed E-state index contributed by atoms with van der Waals surface area (Å²) in [6.07, 6.45) is -0.718. The van der Waals surface area contributed by atoms with E-state index in [0.29, 0.717) is 19.6 Å². The minimum absolute atomic E-state index is 0.244. The van der Waals surface area contributed by atoms with Crippen LogP contribution in [0.15, 0.2) is 30.3 Å². The quantitative estimate of drug-likeness (QED) is 0.932. The molecule has 1 saturated heterocycles. The van der Waals surface area contributed by atoms with Gasteiger partial charge in [-0.15, -0.1) is 0 Å². The number of hydrogen-bond donors (Lipinski definition) is 1. The summed E-state index contributed by atoms with van der Waals surface area (Å²) in [5.74, 6) is 0. The number of likely N-dealkylation sites (tertiary alicyclic amines) is 1. The van der Waals surface area contributed by atoms with E-state index in [4.69, 9.17) is 9.47 Å². The van der Waals surface area contributed by atoms with Crippen molar-refractivity contribution in [2.45, 2.75) is 51.6 Å². The Balaban J connectivity index is 1.81. The summed E-state index contributed by atoms with van der Waals surface area (Å²) in [6, 6.07) is 9.85. The maximum absolute atomic E-state index is 12.0. The van der Waals surface area contributed by atoms with Gasteiger partial charge < -0.3 is 19.5 Å². The van der Waals surface area contributed by atoms with Crippen molar-refractivity contribution >= 4 is 6.09 Å². The van der Waals surface area contributed by atoms with Gasteiger partial charge >= 0.3 is 6.09 Å². The van der Waals surface area contributed by atoms with Crippen molar-refractivity contribution in [3.05, 3.63) is 35.9 Å². The first-order chi connectivity index (χ1) is 10.3. The van der Waals surface area contributed by atoms with Crippen molar-refractivity contribution in [3.8, 4) is 0 Å². The Kier molecular flexibility index (Phi) is 5.42. The molecule has 1 aliphatic rings. The number of hydrogen-bond acceptors (Lipinski definition) is 4. The summed E-state index contributed by atoms with van der Waals surface area (Å²) in [5.41, 5.74) is 0.548. The Labute approximate surface area is 131 Å². The topological polar surface area (TPSA) is 59.0 Å². The molecule has 1 amide bonds. The molecule has 0 bridgehead atoms. The highest BCUT2D eigenvalue weighted by Gasteiger charge is 2.32. The summed E-state index contributed by atoms with van der Waals surface area (Å²) >= 11 is 0. The number of benzene rings is 1. The normalized spacial score (nSPS) is 22.5. The van der Waals surface area contributed by atoms with Gasteiger partial charge in [0.25, 0.3) is 0 Å². The number of piperidine rings is 1. The van der Waals surface area contributed by atoms with Crippen LogP contribution in [0.4, 0.5) is 4.79 Å². The third-order valence-electron chi connectivity index (χ3n) is 3.48. The monoisotopic (exact) mass is 307 g/mol. The molecule has 22 heavy (non-hydrogen) atoms. The van der Waals surface area contributed by atoms with Crippen molar-refractivity contribution in [3.63, 3.8) is 0 Å². The SMILES string of the molecule is CC(C)(C)OC(=O)N1CCC(OCc2ccccc2)C(O)C1. The zero-order valence-corrected chi connectivity index (χ0v) is 13.5. The number of aliphatic hydroxyl groups excluding tert-OH is 1. The summed E-state index contributed by atoms with van der Waals surface area (Å²) in [6.45, 7) is 6.74. The van der Waals surface area contributed by atoms with Crippen molar-refractivity contribution < 1.29 is 19.4 Å². The van der Waals surface area contributed by atoms with E-state index in [1.807, 2.05) is 51.1 Å². The minimum Gasteiger partial charge on any atom is -0.444 e. The Morgan fingerprint density at radius 1 is 1.32 bits per heavy atom. The highest BCUT2D eigenvalue weighted by molar-refractivity contribution is 5.68. The number of ether oxygens (including phenoxy) is 2. The van der Waals surface area contributed by atoms with Gasteiger partial charge in [-0.25, -0.2) is 4.79 Å². The molecule has 5 heteroatoms. The fourth-order valence-corrected chi connectivity index (χ4v) is 2.37. The molecule has 0 saturated carbocycles. The number of carbonyl (C=O) groups is 1. The largest absolute Gasteiger partial charge is 0.444 e. The highest BCUT2D eigenvalue weighted by atomic mass is 16.6. The van der Waals surface area contributed by atoms with Crippen molar-refractivity contribution in [2.75, 3.05) is 13.1 Å². The van der Waals surface area contributed by atoms with E-state index in [1.54, 1.807) is 0 Å². The van der Waals surface area contributed by atoms with Crippen LogP contribution in [-0.2, 0) is 16.1 Å². The molecule has 122 valence electrons. The Morgan fingerprint density at radius 3 is 2.59 bits per heavy atom. The zero-order valence-electron chi connectivity index (χ0n) is 13.5. The van der Waals surface area contributed by atoms with Gasteiger partial charge in [-0.2, -0.15) is 0 Å². The molecule has 1 fully saturated rings. The van der Waals surface area contributed by atoms with Crippen LogP contribution < -0.4 is 0 Å². The van der Waals surface area contributed by atoms with Crippen LogP contribution in [0.2, 0.25) is 0 Å². The number of nitrogens with zero attached hydrogens (tertiary/aromatic N) is 1. The molecule has 0 radical (unpaired) electrons. The molecular weight excluding hydrogens is 282 g/mol. The van der Waals surface area contributed by atoms with Crippen LogP contribution in [0.1, 0.15) is 32.8 Å². The van der Waals surface area contributed by atoms with Gasteiger partial charge in [0.1, 0.15) is 5.60 Å². The lowest BCUT2D eigenvalue weighted by molar-refractivity contribution is -0.0859. The fraction of sp³-hybridized carbons (Fsp3) is 0.588. The number of aliphatic hydroxyl groups is 1. The molecule has 1 aromatic rings. The summed E-state index contributed by atoms with van der Waals surface area (Å²) < 4.78 is 11.1. The van der Waals surface area contributed by atoms with Crippen molar-refractivity contribution in [2.24, 2.45) is 0 Å². The smallest absolute Gasteiger partial charge is 0.410 e. The van der Waals surface area contributed by atoms with Crippen LogP contribution in [0.25, 0.3) is 0 Å². The maximum Gasteiger partial charge on any atom is 0.410 e. The average Bonchev–Trinajstić information content (AvgIpc) is 2.45. The van der Waals surface area contributed by atoms with Gasteiger partial charge in [-0.1, -0.05) is 30.3 Å². The number of carbonyl (C=O) groups excluding carboxylic acids is 1. The molecule has 1 aromatic carbocycles. The molecule has 0 aliphatic carbocycles. The van der Waals surface area contributed by atoms with E-state index in [2.05, 4.69) is 0 Å². The van der Waals surface area contributed by atoms with E-state index in [-0.39, 0.29) is 18.7 Å². The van der Waals surface area contributed by atoms with Gasteiger partial charge in [-0.3, -0.25) is 0 Å². The van der Waals surface area contributed by atoms with Gasteiger partial charge in [0.2, 0.25) is 0 Å². The van der Waals surface area contributed by atoms with E-state index in [1.165, 1.54) is 4.90 Å². The van der Waals surface area contributed by atoms with Crippen LogP contribution in [-0.4, -0.2) is 47.0 Å². The first-order valence-corrected chi connectivity index (χ1v) is 7.67. The summed E-state index contributed by atoms with van der Waals surface area (Å²) in [4.78, 5) is 13.5. The molecule has 1 N–H and O–H groups in total. The third-order valence-corrected chi connectivity index (χ3v) is 3.48. The van der Waals surface area contributed by atoms with Gasteiger partial charge in [0.15, 0.2) is 0 Å². The third kappa shape index (κ3) is 5.00. The second-order valence-corrected chi connectivity index (χ2v) is 6.62. The van der Waals surface area contributed by atoms with Gasteiger partial charge in [0.05, 0.1) is 25.4 Å². The number of rotatable bonds is 3. The molecule has 2 unspecified atom stereocenters. The van der Waals surface area contributed by atoms with E-state index in [9.17, 15) is 9.90 Å². The molecule has 0 spiro atoms. The van der Waals surface area contributed by atoms with Gasteiger partial charge in [-0.05, 0) is 32.8 Å². The Hall–Kier alpha value is -1.59. The molecule has 2 atom stereocenters. The van der Waals surface area contributed by atoms with Crippen molar-refractivity contribution in [1.29, 1.82) is 0 Å².